The highest BCUT2D eigenvalue weighted by Crippen LogP contribution is 2.19. The number of benzene rings is 1. The predicted molar refractivity (Wildman–Crippen MR) is 108 cm³/mol. The smallest absolute Gasteiger partial charge is 0.258 e. The Labute approximate surface area is 166 Å². The number of carbonyl (C=O) groups excluding carboxylic acids is 2. The number of fused-ring (bicyclic) bond motifs is 1. The van der Waals surface area contributed by atoms with Gasteiger partial charge in [0, 0.05) is 19.6 Å². The predicted octanol–water partition coefficient (Wildman–Crippen LogP) is 3.28. The molecule has 3 rings (SSSR count). The number of carbonyl (C=O) groups is 2. The summed E-state index contributed by atoms with van der Waals surface area (Å²) in [5.74, 6) is 0.687. The van der Waals surface area contributed by atoms with Crippen molar-refractivity contribution in [3.8, 4) is 0 Å². The summed E-state index contributed by atoms with van der Waals surface area (Å²) in [6, 6.07) is 4.58. The second-order valence-electron chi connectivity index (χ2n) is 6.80. The Bertz CT molecular complexity index is 898. The van der Waals surface area contributed by atoms with Gasteiger partial charge in [0.2, 0.25) is 5.91 Å². The van der Waals surface area contributed by atoms with E-state index in [-0.39, 0.29) is 23.4 Å². The minimum Gasteiger partial charge on any atom is -0.342 e. The van der Waals surface area contributed by atoms with E-state index < -0.39 is 0 Å². The van der Waals surface area contributed by atoms with Crippen molar-refractivity contribution in [2.75, 3.05) is 24.6 Å². The summed E-state index contributed by atoms with van der Waals surface area (Å²) in [4.78, 5) is 31.1. The molecule has 0 radical (unpaired) electrons. The Morgan fingerprint density at radius 3 is 2.74 bits per heavy atom. The van der Waals surface area contributed by atoms with E-state index in [0.29, 0.717) is 23.0 Å². The number of piperidine rings is 1. The summed E-state index contributed by atoms with van der Waals surface area (Å²) in [6.45, 7) is 6.45. The molecule has 0 unspecified atom stereocenters. The molecule has 1 aliphatic rings. The van der Waals surface area contributed by atoms with Gasteiger partial charge in [0.05, 0.1) is 21.7 Å². The lowest BCUT2D eigenvalue weighted by molar-refractivity contribution is -0.129. The third kappa shape index (κ3) is 4.99. The normalized spacial score (nSPS) is 16.3. The number of thioether (sulfide) groups is 1. The second kappa shape index (κ2) is 9.01. The van der Waals surface area contributed by atoms with Crippen LogP contribution in [0.3, 0.4) is 0 Å². The van der Waals surface area contributed by atoms with Crippen molar-refractivity contribution in [1.29, 1.82) is 0 Å². The molecule has 1 fully saturated rings. The highest BCUT2D eigenvalue weighted by atomic mass is 32.2. The maximum atomic E-state index is 13.4. The van der Waals surface area contributed by atoms with Gasteiger partial charge in [-0.25, -0.2) is 4.39 Å². The van der Waals surface area contributed by atoms with Crippen LogP contribution in [0.1, 0.15) is 26.7 Å². The highest BCUT2D eigenvalue weighted by molar-refractivity contribution is 8.00. The largest absolute Gasteiger partial charge is 0.342 e. The lowest BCUT2D eigenvalue weighted by atomic mass is 9.99. The zero-order valence-electron chi connectivity index (χ0n) is 15.6. The van der Waals surface area contributed by atoms with Crippen molar-refractivity contribution >= 4 is 45.1 Å². The van der Waals surface area contributed by atoms with Crippen LogP contribution in [0, 0.1) is 11.7 Å². The molecule has 27 heavy (non-hydrogen) atoms. The minimum absolute atomic E-state index is 0.0978. The van der Waals surface area contributed by atoms with Crippen LogP contribution in [0.4, 0.5) is 4.39 Å². The van der Waals surface area contributed by atoms with Crippen LogP contribution in [0.25, 0.3) is 10.2 Å². The third-order valence-corrected chi connectivity index (χ3v) is 6.71. The molecule has 2 amide bonds. The molecule has 0 atom stereocenters. The van der Waals surface area contributed by atoms with Gasteiger partial charge in [-0.1, -0.05) is 18.3 Å². The number of aryl methyl sites for hydroxylation is 1. The standard InChI is InChI=1S/C19H24FN3O2S2/c1-3-23-15-5-4-14(20)10-16(15)27-19(23)21-17(24)11-26-12-18(25)22-8-6-13(2)7-9-22/h4-5,10,13H,3,6-9,11-12H2,1-2H3. The van der Waals surface area contributed by atoms with Gasteiger partial charge < -0.3 is 9.47 Å². The highest BCUT2D eigenvalue weighted by Gasteiger charge is 2.20. The van der Waals surface area contributed by atoms with Gasteiger partial charge >= 0.3 is 0 Å². The summed E-state index contributed by atoms with van der Waals surface area (Å²) in [7, 11) is 0. The van der Waals surface area contributed by atoms with E-state index in [1.54, 1.807) is 6.07 Å². The molecule has 5 nitrogen and oxygen atoms in total. The average Bonchev–Trinajstić information content (AvgIpc) is 2.97. The SMILES string of the molecule is CCn1c(=NC(=O)CSCC(=O)N2CCC(C)CC2)sc2cc(F)ccc21. The molecule has 1 aromatic carbocycles. The first-order chi connectivity index (χ1) is 13.0. The number of halogens is 1. The first-order valence-electron chi connectivity index (χ1n) is 9.20. The van der Waals surface area contributed by atoms with E-state index in [0.717, 1.165) is 36.1 Å². The van der Waals surface area contributed by atoms with Crippen molar-refractivity contribution in [2.24, 2.45) is 10.9 Å². The Morgan fingerprint density at radius 2 is 2.04 bits per heavy atom. The molecular weight excluding hydrogens is 385 g/mol. The van der Waals surface area contributed by atoms with E-state index in [9.17, 15) is 14.0 Å². The number of hydrogen-bond acceptors (Lipinski definition) is 4. The van der Waals surface area contributed by atoms with Crippen molar-refractivity contribution in [3.05, 3.63) is 28.8 Å². The maximum absolute atomic E-state index is 13.4. The fourth-order valence-electron chi connectivity index (χ4n) is 3.15. The Hall–Kier alpha value is -1.67. The van der Waals surface area contributed by atoms with Gasteiger partial charge in [-0.05, 0) is 43.9 Å². The number of amides is 2. The third-order valence-electron chi connectivity index (χ3n) is 4.77. The number of aromatic nitrogens is 1. The maximum Gasteiger partial charge on any atom is 0.258 e. The Kier molecular flexibility index (Phi) is 6.70. The molecule has 2 aromatic rings. The van der Waals surface area contributed by atoms with Crippen molar-refractivity contribution < 1.29 is 14.0 Å². The first kappa shape index (κ1) is 20.1. The summed E-state index contributed by atoms with van der Waals surface area (Å²) in [6.07, 6.45) is 2.10. The summed E-state index contributed by atoms with van der Waals surface area (Å²) in [5, 5.41) is 0. The topological polar surface area (TPSA) is 54.7 Å². The molecule has 1 aliphatic heterocycles. The number of nitrogens with zero attached hydrogens (tertiary/aromatic N) is 3. The van der Waals surface area contributed by atoms with Crippen LogP contribution in [0.2, 0.25) is 0 Å². The summed E-state index contributed by atoms with van der Waals surface area (Å²) >= 11 is 2.61. The fourth-order valence-corrected chi connectivity index (χ4v) is 4.99. The van der Waals surface area contributed by atoms with Gasteiger partial charge in [-0.15, -0.1) is 11.8 Å². The Balaban J connectivity index is 1.60. The van der Waals surface area contributed by atoms with Crippen LogP contribution in [-0.4, -0.2) is 45.9 Å². The number of hydrogen-bond donors (Lipinski definition) is 0. The van der Waals surface area contributed by atoms with Crippen LogP contribution < -0.4 is 4.80 Å². The lowest BCUT2D eigenvalue weighted by Crippen LogP contribution is -2.39. The Morgan fingerprint density at radius 1 is 1.30 bits per heavy atom. The first-order valence-corrected chi connectivity index (χ1v) is 11.2. The van der Waals surface area contributed by atoms with E-state index in [4.69, 9.17) is 0 Å². The van der Waals surface area contributed by atoms with Crippen molar-refractivity contribution in [1.82, 2.24) is 9.47 Å². The zero-order chi connectivity index (χ0) is 19.4. The monoisotopic (exact) mass is 409 g/mol. The van der Waals surface area contributed by atoms with Crippen molar-refractivity contribution in [3.63, 3.8) is 0 Å². The van der Waals surface area contributed by atoms with Crippen LogP contribution in [-0.2, 0) is 16.1 Å². The summed E-state index contributed by atoms with van der Waals surface area (Å²) < 4.78 is 16.1. The fraction of sp³-hybridized carbons (Fsp3) is 0.526. The molecule has 0 saturated carbocycles. The van der Waals surface area contributed by atoms with Gasteiger partial charge in [0.1, 0.15) is 5.82 Å². The molecule has 0 aliphatic carbocycles. The number of likely N-dealkylation sites (tertiary alicyclic amines) is 1. The van der Waals surface area contributed by atoms with E-state index in [1.807, 2.05) is 16.4 Å². The molecule has 0 spiro atoms. The second-order valence-corrected chi connectivity index (χ2v) is 8.80. The van der Waals surface area contributed by atoms with Crippen LogP contribution >= 0.6 is 23.1 Å². The van der Waals surface area contributed by atoms with Gasteiger partial charge in [0.15, 0.2) is 4.80 Å². The quantitative estimate of drug-likeness (QED) is 0.762. The molecule has 1 saturated heterocycles. The van der Waals surface area contributed by atoms with Crippen LogP contribution in [0.15, 0.2) is 23.2 Å². The van der Waals surface area contributed by atoms with Crippen LogP contribution in [0.5, 0.6) is 0 Å². The van der Waals surface area contributed by atoms with E-state index in [2.05, 4.69) is 11.9 Å². The number of rotatable bonds is 5. The molecule has 8 heteroatoms. The average molecular weight is 410 g/mol. The molecule has 2 heterocycles. The molecule has 0 N–H and O–H groups in total. The van der Waals surface area contributed by atoms with Gasteiger partial charge in [-0.3, -0.25) is 9.59 Å². The van der Waals surface area contributed by atoms with Gasteiger partial charge in [0.25, 0.3) is 5.91 Å². The van der Waals surface area contributed by atoms with Gasteiger partial charge in [-0.2, -0.15) is 4.99 Å². The van der Waals surface area contributed by atoms with E-state index in [1.165, 1.54) is 35.2 Å². The lowest BCUT2D eigenvalue weighted by Gasteiger charge is -2.30. The minimum atomic E-state index is -0.300. The van der Waals surface area contributed by atoms with Crippen molar-refractivity contribution in [2.45, 2.75) is 33.2 Å². The summed E-state index contributed by atoms with van der Waals surface area (Å²) in [5.41, 5.74) is 0.873. The molecular formula is C19H24FN3O2S2. The number of thiazole rings is 1. The molecule has 0 bridgehead atoms. The zero-order valence-corrected chi connectivity index (χ0v) is 17.2. The van der Waals surface area contributed by atoms with E-state index >= 15 is 0 Å². The molecule has 146 valence electrons. The molecule has 1 aromatic heterocycles.